The van der Waals surface area contributed by atoms with Gasteiger partial charge in [0.25, 0.3) is 9.05 Å². The smallest absolute Gasteiger partial charge is 0.268 e. The van der Waals surface area contributed by atoms with Gasteiger partial charge >= 0.3 is 0 Å². The molecule has 0 N–H and O–H groups in total. The van der Waals surface area contributed by atoms with Crippen LogP contribution < -0.4 is 9.47 Å². The third-order valence-electron chi connectivity index (χ3n) is 1.67. The van der Waals surface area contributed by atoms with Crippen molar-refractivity contribution in [2.75, 3.05) is 14.2 Å². The van der Waals surface area contributed by atoms with Crippen LogP contribution >= 0.6 is 26.6 Å². The highest BCUT2D eigenvalue weighted by molar-refractivity contribution is 9.10. The molecule has 0 saturated heterocycles. The number of methoxy groups -OCH3 is 2. The number of benzene rings is 1. The number of hydrogen-bond donors (Lipinski definition) is 0. The molecule has 84 valence electrons. The molecule has 1 aromatic carbocycles. The van der Waals surface area contributed by atoms with Crippen LogP contribution in [0.5, 0.6) is 11.5 Å². The molecule has 0 heterocycles. The van der Waals surface area contributed by atoms with E-state index in [1.165, 1.54) is 26.4 Å². The van der Waals surface area contributed by atoms with Crippen LogP contribution in [0.25, 0.3) is 0 Å². The van der Waals surface area contributed by atoms with Gasteiger partial charge in [-0.15, -0.1) is 0 Å². The van der Waals surface area contributed by atoms with Gasteiger partial charge in [-0.05, 0) is 12.1 Å². The minimum absolute atomic E-state index is 0.135. The molecule has 4 nitrogen and oxygen atoms in total. The van der Waals surface area contributed by atoms with Crippen molar-refractivity contribution in [3.8, 4) is 11.5 Å². The molecule has 0 spiro atoms. The highest BCUT2D eigenvalue weighted by Crippen LogP contribution is 2.38. The predicted molar refractivity (Wildman–Crippen MR) is 60.3 cm³/mol. The van der Waals surface area contributed by atoms with Gasteiger partial charge in [0, 0.05) is 15.2 Å². The van der Waals surface area contributed by atoms with E-state index in [1.54, 1.807) is 0 Å². The molecule has 0 radical (unpaired) electrons. The third-order valence-corrected chi connectivity index (χ3v) is 3.48. The minimum atomic E-state index is -3.90. The molecule has 1 aromatic rings. The summed E-state index contributed by atoms with van der Waals surface area (Å²) in [5, 5.41) is 0. The summed E-state index contributed by atoms with van der Waals surface area (Å²) in [5.41, 5.74) is 0. The Kier molecular flexibility index (Phi) is 3.86. The average Bonchev–Trinajstić information content (AvgIpc) is 2.14. The Hall–Kier alpha value is -0.460. The second-order valence-corrected chi connectivity index (χ2v) is 6.00. The summed E-state index contributed by atoms with van der Waals surface area (Å²) in [6, 6.07) is 3.00. The highest BCUT2D eigenvalue weighted by Gasteiger charge is 2.23. The Bertz CT molecular complexity index is 447. The van der Waals surface area contributed by atoms with Crippen LogP contribution in [-0.2, 0) is 9.05 Å². The summed E-state index contributed by atoms with van der Waals surface area (Å²) in [5.74, 6) is 0.271. The number of ether oxygens (including phenoxy) is 2. The third kappa shape index (κ3) is 2.76. The molecule has 0 unspecified atom stereocenters. The fraction of sp³-hybridized carbons (Fsp3) is 0.250. The summed E-state index contributed by atoms with van der Waals surface area (Å²) in [4.78, 5) is -0.169. The number of rotatable bonds is 3. The standard InChI is InChI=1S/C8H8BrClO4S/c1-13-6-3-5(9)4-7(14-2)8(6)15(10,11)12/h3-4H,1-2H3. The van der Waals surface area contributed by atoms with E-state index in [1.807, 2.05) is 0 Å². The van der Waals surface area contributed by atoms with Crippen LogP contribution in [0, 0.1) is 0 Å². The molecule has 7 heteroatoms. The lowest BCUT2D eigenvalue weighted by Crippen LogP contribution is -2.00. The molecule has 0 amide bonds. The monoisotopic (exact) mass is 314 g/mol. The van der Waals surface area contributed by atoms with Crippen molar-refractivity contribution in [1.29, 1.82) is 0 Å². The first-order valence-electron chi connectivity index (χ1n) is 3.76. The summed E-state index contributed by atoms with van der Waals surface area (Å²) in [6.07, 6.45) is 0. The zero-order valence-electron chi connectivity index (χ0n) is 7.95. The first kappa shape index (κ1) is 12.6. The molecule has 0 bridgehead atoms. The van der Waals surface area contributed by atoms with Crippen molar-refractivity contribution < 1.29 is 17.9 Å². The van der Waals surface area contributed by atoms with Gasteiger partial charge in [-0.3, -0.25) is 0 Å². The van der Waals surface area contributed by atoms with E-state index in [-0.39, 0.29) is 16.4 Å². The van der Waals surface area contributed by atoms with Gasteiger partial charge in [0.05, 0.1) is 14.2 Å². The largest absolute Gasteiger partial charge is 0.495 e. The van der Waals surface area contributed by atoms with E-state index in [2.05, 4.69) is 15.9 Å². The molecule has 15 heavy (non-hydrogen) atoms. The first-order chi connectivity index (χ1) is 6.90. The van der Waals surface area contributed by atoms with Crippen LogP contribution in [0.2, 0.25) is 0 Å². The van der Waals surface area contributed by atoms with Crippen LogP contribution in [-0.4, -0.2) is 22.6 Å². The lowest BCUT2D eigenvalue weighted by atomic mass is 10.3. The van der Waals surface area contributed by atoms with E-state index in [4.69, 9.17) is 20.2 Å². The van der Waals surface area contributed by atoms with Crippen molar-refractivity contribution in [3.05, 3.63) is 16.6 Å². The molecule has 0 fully saturated rings. The van der Waals surface area contributed by atoms with Gasteiger partial charge in [0.1, 0.15) is 11.5 Å². The quantitative estimate of drug-likeness (QED) is 0.804. The molecular formula is C8H8BrClO4S. The Morgan fingerprint density at radius 1 is 1.20 bits per heavy atom. The van der Waals surface area contributed by atoms with E-state index in [0.29, 0.717) is 4.47 Å². The second-order valence-electron chi connectivity index (χ2n) is 2.58. The van der Waals surface area contributed by atoms with E-state index >= 15 is 0 Å². The first-order valence-corrected chi connectivity index (χ1v) is 6.86. The van der Waals surface area contributed by atoms with Gasteiger partial charge in [-0.2, -0.15) is 0 Å². The molecule has 0 aromatic heterocycles. The summed E-state index contributed by atoms with van der Waals surface area (Å²) in [7, 11) is 4.08. The molecule has 0 saturated carbocycles. The maximum Gasteiger partial charge on any atom is 0.268 e. The summed E-state index contributed by atoms with van der Waals surface area (Å²) >= 11 is 3.20. The fourth-order valence-electron chi connectivity index (χ4n) is 1.09. The molecule has 1 rings (SSSR count). The second kappa shape index (κ2) is 4.59. The van der Waals surface area contributed by atoms with Crippen molar-refractivity contribution >= 4 is 35.7 Å². The molecule has 0 atom stereocenters. The van der Waals surface area contributed by atoms with Crippen LogP contribution in [0.4, 0.5) is 0 Å². The molecule has 0 aliphatic carbocycles. The van der Waals surface area contributed by atoms with Gasteiger partial charge in [-0.1, -0.05) is 15.9 Å². The number of halogens is 2. The van der Waals surface area contributed by atoms with Crippen molar-refractivity contribution in [2.45, 2.75) is 4.90 Å². The Balaban J connectivity index is 3.59. The maximum absolute atomic E-state index is 11.3. The Morgan fingerprint density at radius 2 is 1.60 bits per heavy atom. The van der Waals surface area contributed by atoms with Gasteiger partial charge < -0.3 is 9.47 Å². The minimum Gasteiger partial charge on any atom is -0.495 e. The zero-order valence-corrected chi connectivity index (χ0v) is 11.1. The average molecular weight is 316 g/mol. The van der Waals surface area contributed by atoms with E-state index < -0.39 is 9.05 Å². The highest BCUT2D eigenvalue weighted by atomic mass is 79.9. The fourth-order valence-corrected chi connectivity index (χ4v) is 2.73. The SMILES string of the molecule is COc1cc(Br)cc(OC)c1S(=O)(=O)Cl. The van der Waals surface area contributed by atoms with Crippen molar-refractivity contribution in [1.82, 2.24) is 0 Å². The molecule has 0 aliphatic heterocycles. The Labute approximate surface area is 101 Å². The van der Waals surface area contributed by atoms with Gasteiger partial charge in [0.15, 0.2) is 4.90 Å². The Morgan fingerprint density at radius 3 is 1.87 bits per heavy atom. The molecular weight excluding hydrogens is 308 g/mol. The van der Waals surface area contributed by atoms with E-state index in [0.717, 1.165) is 0 Å². The lowest BCUT2D eigenvalue weighted by molar-refractivity contribution is 0.373. The summed E-state index contributed by atoms with van der Waals surface area (Å²) < 4.78 is 33.1. The normalized spacial score (nSPS) is 11.2. The predicted octanol–water partition coefficient (Wildman–Crippen LogP) is 2.39. The van der Waals surface area contributed by atoms with Crippen LogP contribution in [0.1, 0.15) is 0 Å². The maximum atomic E-state index is 11.3. The number of hydrogen-bond acceptors (Lipinski definition) is 4. The topological polar surface area (TPSA) is 52.6 Å². The van der Waals surface area contributed by atoms with Crippen LogP contribution in [0.15, 0.2) is 21.5 Å². The van der Waals surface area contributed by atoms with Crippen molar-refractivity contribution in [3.63, 3.8) is 0 Å². The van der Waals surface area contributed by atoms with Crippen LogP contribution in [0.3, 0.4) is 0 Å². The lowest BCUT2D eigenvalue weighted by Gasteiger charge is -2.10. The van der Waals surface area contributed by atoms with Gasteiger partial charge in [0.2, 0.25) is 0 Å². The van der Waals surface area contributed by atoms with Gasteiger partial charge in [-0.25, -0.2) is 8.42 Å². The zero-order chi connectivity index (χ0) is 11.6. The van der Waals surface area contributed by atoms with E-state index in [9.17, 15) is 8.42 Å². The molecule has 0 aliphatic rings. The summed E-state index contributed by atoms with van der Waals surface area (Å²) in [6.45, 7) is 0. The van der Waals surface area contributed by atoms with Crippen molar-refractivity contribution in [2.24, 2.45) is 0 Å².